The molecule has 2 aliphatic heterocycles. The molecular weight excluding hydrogens is 312 g/mol. The summed E-state index contributed by atoms with van der Waals surface area (Å²) >= 11 is 0. The maximum Gasteiger partial charge on any atom is 0.337 e. The van der Waals surface area contributed by atoms with Gasteiger partial charge in [-0.15, -0.1) is 0 Å². The largest absolute Gasteiger partial charge is 0.478 e. The van der Waals surface area contributed by atoms with Crippen molar-refractivity contribution in [1.82, 2.24) is 9.47 Å². The fourth-order valence-corrected chi connectivity index (χ4v) is 3.45. The zero-order valence-electron chi connectivity index (χ0n) is 13.6. The van der Waals surface area contributed by atoms with Gasteiger partial charge >= 0.3 is 5.97 Å². The summed E-state index contributed by atoms with van der Waals surface area (Å²) in [7, 11) is 0. The molecule has 4 rings (SSSR count). The molecule has 3 aliphatic rings. The molecule has 1 aliphatic carbocycles. The molecule has 1 aromatic heterocycles. The number of rotatable bonds is 5. The minimum Gasteiger partial charge on any atom is -0.478 e. The summed E-state index contributed by atoms with van der Waals surface area (Å²) in [5, 5.41) is 9.36. The van der Waals surface area contributed by atoms with E-state index in [0.717, 1.165) is 13.0 Å². The Labute approximate surface area is 140 Å². The summed E-state index contributed by atoms with van der Waals surface area (Å²) < 4.78 is 13.0. The normalized spacial score (nSPS) is 23.3. The van der Waals surface area contributed by atoms with Crippen LogP contribution in [0.15, 0.2) is 6.07 Å². The number of carboxylic acid groups (broad SMARTS) is 1. The minimum absolute atomic E-state index is 0.104. The van der Waals surface area contributed by atoms with E-state index in [0.29, 0.717) is 43.5 Å². The van der Waals surface area contributed by atoms with Crippen molar-refractivity contribution in [2.24, 2.45) is 5.92 Å². The second kappa shape index (κ2) is 6.22. The summed E-state index contributed by atoms with van der Waals surface area (Å²) in [5.41, 5.74) is 1.20. The van der Waals surface area contributed by atoms with E-state index in [1.54, 1.807) is 9.47 Å². The number of nitrogens with zero attached hydrogens (tertiary/aromatic N) is 2. The Balaban J connectivity index is 1.49. The molecule has 7 heteroatoms. The topological polar surface area (TPSA) is 81.0 Å². The van der Waals surface area contributed by atoms with Crippen molar-refractivity contribution in [2.75, 3.05) is 26.3 Å². The second-order valence-corrected chi connectivity index (χ2v) is 6.84. The molecule has 2 fully saturated rings. The summed E-state index contributed by atoms with van der Waals surface area (Å²) in [6.07, 6.45) is 3.46. The molecule has 130 valence electrons. The summed E-state index contributed by atoms with van der Waals surface area (Å²) in [6, 6.07) is 1.49. The van der Waals surface area contributed by atoms with Crippen molar-refractivity contribution >= 4 is 11.9 Å². The third-order valence-electron chi connectivity index (χ3n) is 5.05. The van der Waals surface area contributed by atoms with E-state index in [4.69, 9.17) is 9.47 Å². The molecule has 1 aromatic rings. The Morgan fingerprint density at radius 3 is 2.88 bits per heavy atom. The van der Waals surface area contributed by atoms with Crippen LogP contribution in [0.2, 0.25) is 0 Å². The average Bonchev–Trinajstić information content (AvgIpc) is 3.15. The highest BCUT2D eigenvalue weighted by atomic mass is 16.5. The van der Waals surface area contributed by atoms with E-state index in [2.05, 4.69) is 0 Å². The number of aromatic nitrogens is 1. The third kappa shape index (κ3) is 2.93. The van der Waals surface area contributed by atoms with Gasteiger partial charge < -0.3 is 24.0 Å². The van der Waals surface area contributed by atoms with Gasteiger partial charge in [-0.05, 0) is 31.2 Å². The van der Waals surface area contributed by atoms with Crippen LogP contribution in [0.5, 0.6) is 0 Å². The van der Waals surface area contributed by atoms with Crippen LogP contribution < -0.4 is 0 Å². The van der Waals surface area contributed by atoms with Crippen molar-refractivity contribution in [3.05, 3.63) is 23.0 Å². The molecule has 0 radical (unpaired) electrons. The second-order valence-electron chi connectivity index (χ2n) is 6.84. The number of ether oxygens (including phenoxy) is 2. The Hall–Kier alpha value is -1.86. The predicted octanol–water partition coefficient (Wildman–Crippen LogP) is 1.36. The van der Waals surface area contributed by atoms with E-state index >= 15 is 0 Å². The first-order valence-corrected chi connectivity index (χ1v) is 8.58. The first-order valence-electron chi connectivity index (χ1n) is 8.58. The Morgan fingerprint density at radius 2 is 2.12 bits per heavy atom. The molecule has 1 amide bonds. The number of amides is 1. The molecule has 1 atom stereocenters. The highest BCUT2D eigenvalue weighted by Crippen LogP contribution is 2.30. The van der Waals surface area contributed by atoms with E-state index in [1.165, 1.54) is 18.9 Å². The first kappa shape index (κ1) is 15.7. The van der Waals surface area contributed by atoms with Crippen molar-refractivity contribution in [3.8, 4) is 0 Å². The van der Waals surface area contributed by atoms with Crippen molar-refractivity contribution in [2.45, 2.75) is 38.5 Å². The van der Waals surface area contributed by atoms with Crippen LogP contribution in [0.25, 0.3) is 0 Å². The standard InChI is InChI=1S/C17H22N2O5/c20-16(18-4-3-12(8-18)24-9-11-1-2-11)14-7-13(17(21)22)15-10-23-6-5-19(14)15/h7,11-12H,1-6,8-10H2,(H,21,22). The van der Waals surface area contributed by atoms with Gasteiger partial charge in [-0.2, -0.15) is 0 Å². The van der Waals surface area contributed by atoms with Gasteiger partial charge in [0.25, 0.3) is 5.91 Å². The van der Waals surface area contributed by atoms with Crippen LogP contribution in [0.1, 0.15) is 45.8 Å². The molecule has 24 heavy (non-hydrogen) atoms. The maximum absolute atomic E-state index is 12.9. The molecule has 1 unspecified atom stereocenters. The number of carbonyl (C=O) groups excluding carboxylic acids is 1. The van der Waals surface area contributed by atoms with Gasteiger partial charge in [-0.1, -0.05) is 0 Å². The lowest BCUT2D eigenvalue weighted by Gasteiger charge is -2.21. The van der Waals surface area contributed by atoms with Gasteiger partial charge in [0, 0.05) is 26.2 Å². The highest BCUT2D eigenvalue weighted by molar-refractivity contribution is 5.98. The number of hydrogen-bond donors (Lipinski definition) is 1. The smallest absolute Gasteiger partial charge is 0.337 e. The van der Waals surface area contributed by atoms with E-state index < -0.39 is 5.97 Å². The van der Waals surface area contributed by atoms with Crippen LogP contribution in [0.4, 0.5) is 0 Å². The van der Waals surface area contributed by atoms with E-state index in [-0.39, 0.29) is 24.2 Å². The fraction of sp³-hybridized carbons (Fsp3) is 0.647. The Bertz CT molecular complexity index is 664. The van der Waals surface area contributed by atoms with Crippen molar-refractivity contribution < 1.29 is 24.2 Å². The SMILES string of the molecule is O=C(O)c1cc(C(=O)N2CCC(OCC3CC3)C2)n2c1COCC2. The predicted molar refractivity (Wildman–Crippen MR) is 84.0 cm³/mol. The monoisotopic (exact) mass is 334 g/mol. The average molecular weight is 334 g/mol. The van der Waals surface area contributed by atoms with Gasteiger partial charge in [0.15, 0.2) is 0 Å². The van der Waals surface area contributed by atoms with Crippen LogP contribution in [0.3, 0.4) is 0 Å². The lowest BCUT2D eigenvalue weighted by Crippen LogP contribution is -2.33. The fourth-order valence-electron chi connectivity index (χ4n) is 3.45. The Kier molecular flexibility index (Phi) is 4.05. The summed E-state index contributed by atoms with van der Waals surface area (Å²) in [4.78, 5) is 26.1. The third-order valence-corrected chi connectivity index (χ3v) is 5.05. The van der Waals surface area contributed by atoms with Crippen LogP contribution in [0, 0.1) is 5.92 Å². The van der Waals surface area contributed by atoms with E-state index in [1.807, 2.05) is 0 Å². The quantitative estimate of drug-likeness (QED) is 0.879. The van der Waals surface area contributed by atoms with Crippen molar-refractivity contribution in [1.29, 1.82) is 0 Å². The number of carboxylic acids is 1. The Morgan fingerprint density at radius 1 is 1.29 bits per heavy atom. The van der Waals surface area contributed by atoms with Crippen LogP contribution in [-0.2, 0) is 22.6 Å². The molecule has 3 heterocycles. The minimum atomic E-state index is -1.02. The number of aromatic carboxylic acids is 1. The number of fused-ring (bicyclic) bond motifs is 1. The summed E-state index contributed by atoms with van der Waals surface area (Å²) in [5.74, 6) is -0.413. The van der Waals surface area contributed by atoms with Gasteiger partial charge in [0.1, 0.15) is 5.69 Å². The first-order chi connectivity index (χ1) is 11.6. The molecule has 0 spiro atoms. The lowest BCUT2D eigenvalue weighted by molar-refractivity contribution is 0.0472. The molecule has 1 N–H and O–H groups in total. The lowest BCUT2D eigenvalue weighted by atomic mass is 10.2. The maximum atomic E-state index is 12.9. The zero-order valence-corrected chi connectivity index (χ0v) is 13.6. The molecule has 1 saturated carbocycles. The molecule has 1 saturated heterocycles. The molecule has 7 nitrogen and oxygen atoms in total. The van der Waals surface area contributed by atoms with Gasteiger partial charge in [-0.25, -0.2) is 4.79 Å². The molecule has 0 bridgehead atoms. The van der Waals surface area contributed by atoms with Gasteiger partial charge in [-0.3, -0.25) is 4.79 Å². The van der Waals surface area contributed by atoms with Crippen LogP contribution >= 0.6 is 0 Å². The zero-order chi connectivity index (χ0) is 16.7. The summed E-state index contributed by atoms with van der Waals surface area (Å²) in [6.45, 7) is 3.29. The number of hydrogen-bond acceptors (Lipinski definition) is 4. The van der Waals surface area contributed by atoms with Crippen molar-refractivity contribution in [3.63, 3.8) is 0 Å². The van der Waals surface area contributed by atoms with E-state index in [9.17, 15) is 14.7 Å². The molecular formula is C17H22N2O5. The number of carbonyl (C=O) groups is 2. The molecule has 0 aromatic carbocycles. The highest BCUT2D eigenvalue weighted by Gasteiger charge is 2.33. The van der Waals surface area contributed by atoms with Gasteiger partial charge in [0.05, 0.1) is 30.6 Å². The number of likely N-dealkylation sites (tertiary alicyclic amines) is 1. The van der Waals surface area contributed by atoms with Gasteiger partial charge in [0.2, 0.25) is 0 Å². The van der Waals surface area contributed by atoms with Crippen LogP contribution in [-0.4, -0.2) is 58.9 Å².